The fourth-order valence-corrected chi connectivity index (χ4v) is 2.75. The number of halogens is 1. The molecule has 0 aliphatic rings. The number of nitrogens with one attached hydrogen (secondary N) is 1. The first-order valence-electron chi connectivity index (χ1n) is 8.26. The zero-order chi connectivity index (χ0) is 19.5. The van der Waals surface area contributed by atoms with Crippen molar-refractivity contribution < 1.29 is 14.3 Å². The average Bonchev–Trinajstić information content (AvgIpc) is 2.53. The number of pyridine rings is 1. The number of Topliss-reactive ketones (excluding diaryl/α,β-unsaturated/α-hetero) is 1. The number of ketones is 1. The summed E-state index contributed by atoms with van der Waals surface area (Å²) in [7, 11) is 0. The first-order chi connectivity index (χ1) is 12.0. The van der Waals surface area contributed by atoms with E-state index in [9.17, 15) is 9.59 Å². The van der Waals surface area contributed by atoms with Gasteiger partial charge in [-0.15, -0.1) is 0 Å². The van der Waals surface area contributed by atoms with Crippen LogP contribution in [0.3, 0.4) is 0 Å². The van der Waals surface area contributed by atoms with Gasteiger partial charge in [0.1, 0.15) is 11.3 Å². The Morgan fingerprint density at radius 3 is 2.31 bits per heavy atom. The van der Waals surface area contributed by atoms with E-state index >= 15 is 0 Å². The number of carbonyl (C=O) groups excluding carboxylic acids is 2. The molecule has 0 bridgehead atoms. The Hall–Kier alpha value is -2.21. The molecule has 6 heteroatoms. The van der Waals surface area contributed by atoms with Gasteiger partial charge in [0.05, 0.1) is 17.3 Å². The number of rotatable bonds is 4. The van der Waals surface area contributed by atoms with Gasteiger partial charge in [-0.3, -0.25) is 15.1 Å². The van der Waals surface area contributed by atoms with Gasteiger partial charge in [0.15, 0.2) is 5.78 Å². The normalized spacial score (nSPS) is 11.8. The number of aromatic nitrogens is 1. The molecule has 0 saturated heterocycles. The first kappa shape index (κ1) is 20.1. The van der Waals surface area contributed by atoms with Crippen LogP contribution in [0.4, 0.5) is 10.5 Å². The molecule has 0 unspecified atom stereocenters. The van der Waals surface area contributed by atoms with E-state index in [1.54, 1.807) is 32.9 Å². The Labute approximate surface area is 162 Å². The predicted octanol–water partition coefficient (Wildman–Crippen LogP) is 5.35. The monoisotopic (exact) mass is 418 g/mol. The highest BCUT2D eigenvalue weighted by Gasteiger charge is 2.31. The number of nitrogens with zero attached hydrogens (tertiary/aromatic N) is 1. The second-order valence-corrected chi connectivity index (χ2v) is 8.44. The average molecular weight is 419 g/mol. The second kappa shape index (κ2) is 7.58. The molecule has 2 aromatic rings. The topological polar surface area (TPSA) is 68.3 Å². The first-order valence-corrected chi connectivity index (χ1v) is 9.05. The zero-order valence-electron chi connectivity index (χ0n) is 15.6. The third kappa shape index (κ3) is 5.14. The Kier molecular flexibility index (Phi) is 5.86. The number of ether oxygens (including phenoxy) is 1. The fraction of sp³-hybridized carbons (Fsp3) is 0.350. The fourth-order valence-electron chi connectivity index (χ4n) is 2.35. The van der Waals surface area contributed by atoms with E-state index in [1.165, 1.54) is 6.20 Å². The Morgan fingerprint density at radius 1 is 1.08 bits per heavy atom. The van der Waals surface area contributed by atoms with Crippen molar-refractivity contribution in [3.05, 3.63) is 58.3 Å². The Bertz CT molecular complexity index is 809. The van der Waals surface area contributed by atoms with E-state index in [0.29, 0.717) is 11.4 Å². The maximum atomic E-state index is 12.9. The number of hydrogen-bond donors (Lipinski definition) is 1. The molecule has 2 rings (SSSR count). The lowest BCUT2D eigenvalue weighted by Gasteiger charge is -2.23. The van der Waals surface area contributed by atoms with Crippen molar-refractivity contribution in [1.82, 2.24) is 4.98 Å². The van der Waals surface area contributed by atoms with Crippen LogP contribution in [-0.4, -0.2) is 22.5 Å². The van der Waals surface area contributed by atoms with E-state index in [-0.39, 0.29) is 5.78 Å². The molecule has 0 saturated carbocycles. The summed E-state index contributed by atoms with van der Waals surface area (Å²) in [4.78, 5) is 28.9. The summed E-state index contributed by atoms with van der Waals surface area (Å²) in [5.41, 5.74) is 0.397. The molecule has 0 aliphatic carbocycles. The Morgan fingerprint density at radius 2 is 1.77 bits per heavy atom. The van der Waals surface area contributed by atoms with Crippen LogP contribution in [0.5, 0.6) is 0 Å². The van der Waals surface area contributed by atoms with E-state index in [0.717, 1.165) is 10.0 Å². The standard InChI is InChI=1S/C20H23BrN2O3/c1-19(2,3)26-18(25)23-15-9-10-16(22-12-15)17(24)20(4,5)13-7-6-8-14(21)11-13/h6-12H,1-5H3,(H,23,25). The minimum absolute atomic E-state index is 0.0978. The van der Waals surface area contributed by atoms with Crippen LogP contribution in [0.2, 0.25) is 0 Å². The summed E-state index contributed by atoms with van der Waals surface area (Å²) in [6, 6.07) is 10.9. The smallest absolute Gasteiger partial charge is 0.412 e. The number of anilines is 1. The number of amides is 1. The highest BCUT2D eigenvalue weighted by atomic mass is 79.9. The van der Waals surface area contributed by atoms with Crippen LogP contribution in [0, 0.1) is 0 Å². The van der Waals surface area contributed by atoms with Gasteiger partial charge in [0, 0.05) is 4.47 Å². The van der Waals surface area contributed by atoms with Crippen LogP contribution >= 0.6 is 15.9 Å². The highest BCUT2D eigenvalue weighted by molar-refractivity contribution is 9.10. The van der Waals surface area contributed by atoms with Gasteiger partial charge in [-0.25, -0.2) is 4.79 Å². The maximum absolute atomic E-state index is 12.9. The van der Waals surface area contributed by atoms with Crippen molar-refractivity contribution in [2.75, 3.05) is 5.32 Å². The van der Waals surface area contributed by atoms with Gasteiger partial charge in [-0.1, -0.05) is 28.1 Å². The van der Waals surface area contributed by atoms with Crippen molar-refractivity contribution in [2.45, 2.75) is 45.6 Å². The molecule has 0 fully saturated rings. The summed E-state index contributed by atoms with van der Waals surface area (Å²) < 4.78 is 6.11. The molecule has 1 N–H and O–H groups in total. The SMILES string of the molecule is CC(C)(C)OC(=O)Nc1ccc(C(=O)C(C)(C)c2cccc(Br)c2)nc1. The highest BCUT2D eigenvalue weighted by Crippen LogP contribution is 2.29. The summed E-state index contributed by atoms with van der Waals surface area (Å²) >= 11 is 3.43. The number of carbonyl (C=O) groups is 2. The van der Waals surface area contributed by atoms with Crippen LogP contribution in [0.25, 0.3) is 0 Å². The van der Waals surface area contributed by atoms with Crippen molar-refractivity contribution in [3.63, 3.8) is 0 Å². The molecule has 1 heterocycles. The predicted molar refractivity (Wildman–Crippen MR) is 106 cm³/mol. The van der Waals surface area contributed by atoms with Gasteiger partial charge < -0.3 is 4.74 Å². The molecule has 138 valence electrons. The van der Waals surface area contributed by atoms with E-state index in [1.807, 2.05) is 38.1 Å². The number of hydrogen-bond acceptors (Lipinski definition) is 4. The Balaban J connectivity index is 2.14. The van der Waals surface area contributed by atoms with Gasteiger partial charge in [0.2, 0.25) is 0 Å². The molecule has 1 aromatic carbocycles. The quantitative estimate of drug-likeness (QED) is 0.679. The lowest BCUT2D eigenvalue weighted by atomic mass is 9.79. The maximum Gasteiger partial charge on any atom is 0.412 e. The lowest BCUT2D eigenvalue weighted by molar-refractivity contribution is 0.0635. The molecule has 0 aliphatic heterocycles. The van der Waals surface area contributed by atoms with E-state index in [2.05, 4.69) is 26.2 Å². The van der Waals surface area contributed by atoms with Crippen molar-refractivity contribution in [3.8, 4) is 0 Å². The van der Waals surface area contributed by atoms with Crippen LogP contribution < -0.4 is 5.32 Å². The third-order valence-electron chi connectivity index (χ3n) is 3.76. The lowest BCUT2D eigenvalue weighted by Crippen LogP contribution is -2.30. The van der Waals surface area contributed by atoms with Gasteiger partial charge in [0.25, 0.3) is 0 Å². The molecule has 0 spiro atoms. The molecule has 26 heavy (non-hydrogen) atoms. The third-order valence-corrected chi connectivity index (χ3v) is 4.25. The number of benzene rings is 1. The van der Waals surface area contributed by atoms with Crippen molar-refractivity contribution in [1.29, 1.82) is 0 Å². The van der Waals surface area contributed by atoms with Gasteiger partial charge >= 0.3 is 6.09 Å². The largest absolute Gasteiger partial charge is 0.444 e. The van der Waals surface area contributed by atoms with Gasteiger partial charge in [-0.05, 0) is 64.4 Å². The van der Waals surface area contributed by atoms with Crippen LogP contribution in [0.15, 0.2) is 47.1 Å². The molecular formula is C20H23BrN2O3. The second-order valence-electron chi connectivity index (χ2n) is 7.52. The van der Waals surface area contributed by atoms with E-state index in [4.69, 9.17) is 4.74 Å². The molecule has 0 atom stereocenters. The zero-order valence-corrected chi connectivity index (χ0v) is 17.2. The molecule has 5 nitrogen and oxygen atoms in total. The summed E-state index contributed by atoms with van der Waals surface area (Å²) in [6.45, 7) is 9.10. The van der Waals surface area contributed by atoms with E-state index < -0.39 is 17.1 Å². The molecule has 1 aromatic heterocycles. The minimum atomic E-state index is -0.725. The van der Waals surface area contributed by atoms with Crippen molar-refractivity contribution in [2.24, 2.45) is 0 Å². The van der Waals surface area contributed by atoms with Crippen LogP contribution in [-0.2, 0) is 10.2 Å². The van der Waals surface area contributed by atoms with Crippen LogP contribution in [0.1, 0.15) is 50.7 Å². The molecule has 1 amide bonds. The van der Waals surface area contributed by atoms with Crippen molar-refractivity contribution >= 4 is 33.5 Å². The molecule has 0 radical (unpaired) electrons. The van der Waals surface area contributed by atoms with Gasteiger partial charge in [-0.2, -0.15) is 0 Å². The summed E-state index contributed by atoms with van der Waals surface area (Å²) in [5, 5.41) is 2.60. The minimum Gasteiger partial charge on any atom is -0.444 e. The summed E-state index contributed by atoms with van der Waals surface area (Å²) in [5.74, 6) is -0.0978. The molecular weight excluding hydrogens is 396 g/mol. The summed E-state index contributed by atoms with van der Waals surface area (Å²) in [6.07, 6.45) is 0.890.